The zero-order valence-corrected chi connectivity index (χ0v) is 30.4. The summed E-state index contributed by atoms with van der Waals surface area (Å²) >= 11 is 1.11. The molecule has 13 nitrogen and oxygen atoms in total. The lowest BCUT2D eigenvalue weighted by Crippen LogP contribution is -2.61. The molecule has 15 heteroatoms. The molecule has 2 rings (SSSR count). The van der Waals surface area contributed by atoms with E-state index in [9.17, 15) is 32.4 Å². The second kappa shape index (κ2) is 16.2. The van der Waals surface area contributed by atoms with E-state index in [2.05, 4.69) is 22.5 Å². The smallest absolute Gasteiger partial charge is 0.315 e. The van der Waals surface area contributed by atoms with E-state index in [0.717, 1.165) is 11.3 Å². The molecule has 1 aromatic heterocycles. The van der Waals surface area contributed by atoms with Gasteiger partial charge in [0, 0.05) is 32.1 Å². The summed E-state index contributed by atoms with van der Waals surface area (Å²) in [4.78, 5) is 66.6. The van der Waals surface area contributed by atoms with E-state index >= 15 is 0 Å². The average Bonchev–Trinajstić information content (AvgIpc) is 3.64. The molecule has 0 radical (unpaired) electrons. The number of rotatable bonds is 15. The minimum atomic E-state index is -3.77. The molecule has 1 aliphatic heterocycles. The van der Waals surface area contributed by atoms with E-state index in [4.69, 9.17) is 5.73 Å². The van der Waals surface area contributed by atoms with Crippen molar-refractivity contribution in [1.29, 1.82) is 0 Å². The topological polar surface area (TPSA) is 188 Å². The minimum absolute atomic E-state index is 0.00259. The van der Waals surface area contributed by atoms with Gasteiger partial charge in [0.15, 0.2) is 0 Å². The summed E-state index contributed by atoms with van der Waals surface area (Å²) in [6.07, 6.45) is 3.14. The van der Waals surface area contributed by atoms with Crippen molar-refractivity contribution in [2.75, 3.05) is 20.1 Å². The fourth-order valence-corrected chi connectivity index (χ4v) is 8.10. The summed E-state index contributed by atoms with van der Waals surface area (Å²) in [5.41, 5.74) is 4.13. The molecule has 264 valence electrons. The number of likely N-dealkylation sites (N-methyl/N-ethyl adjacent to an activating group) is 1. The van der Waals surface area contributed by atoms with Crippen LogP contribution in [0.5, 0.6) is 0 Å². The largest absolute Gasteiger partial charge is 0.363 e. The van der Waals surface area contributed by atoms with Crippen LogP contribution in [0.1, 0.15) is 74.1 Å². The lowest BCUT2D eigenvalue weighted by molar-refractivity contribution is -0.144. The number of thiophene rings is 1. The average molecular weight is 697 g/mol. The van der Waals surface area contributed by atoms with Gasteiger partial charge in [-0.1, -0.05) is 67.0 Å². The fourth-order valence-electron chi connectivity index (χ4n) is 5.68. The maximum absolute atomic E-state index is 14.2. The third-order valence-electron chi connectivity index (χ3n) is 7.97. The molecule has 0 bridgehead atoms. The second-order valence-electron chi connectivity index (χ2n) is 14.3. The Kier molecular flexibility index (Phi) is 13.7. The molecule has 0 aliphatic carbocycles. The van der Waals surface area contributed by atoms with Crippen LogP contribution in [0.15, 0.2) is 34.4 Å². The van der Waals surface area contributed by atoms with E-state index in [0.29, 0.717) is 19.3 Å². The van der Waals surface area contributed by atoms with Crippen molar-refractivity contribution in [2.24, 2.45) is 22.5 Å². The number of sulfonamides is 1. The van der Waals surface area contributed by atoms with Crippen LogP contribution in [-0.4, -0.2) is 91.5 Å². The maximum atomic E-state index is 14.2. The normalized spacial score (nSPS) is 19.0. The van der Waals surface area contributed by atoms with Crippen LogP contribution in [0.4, 0.5) is 4.79 Å². The number of Topliss-reactive ketones (excluding diaryl/α,β-unsaturated/α-hetero) is 1. The van der Waals surface area contributed by atoms with Gasteiger partial charge >= 0.3 is 6.03 Å². The molecule has 0 spiro atoms. The number of amides is 5. The predicted molar refractivity (Wildman–Crippen MR) is 182 cm³/mol. The first kappa shape index (κ1) is 39.9. The SMILES string of the molecule is C=C[C@H]1CCN(C(=O)[C@@H](NC(=O)N[C@H](CN(C)S(=O)(=O)c2cccs2)CC(C)(C)C)C(C)(C)C)[C@@H]1C(=O)NC(CCC)C(=O)C(N)=O. The van der Waals surface area contributed by atoms with E-state index < -0.39 is 75.1 Å². The summed E-state index contributed by atoms with van der Waals surface area (Å²) in [6.45, 7) is 17.1. The van der Waals surface area contributed by atoms with Crippen molar-refractivity contribution in [3.05, 3.63) is 30.2 Å². The third-order valence-corrected chi connectivity index (χ3v) is 11.2. The Bertz CT molecular complexity index is 1400. The number of nitrogens with one attached hydrogen (secondary N) is 3. The monoisotopic (exact) mass is 696 g/mol. The van der Waals surface area contributed by atoms with Crippen molar-refractivity contribution in [1.82, 2.24) is 25.2 Å². The summed E-state index contributed by atoms with van der Waals surface area (Å²) in [5.74, 6) is -3.64. The quantitative estimate of drug-likeness (QED) is 0.160. The molecule has 1 aromatic rings. The molecule has 1 fully saturated rings. The Morgan fingerprint density at radius 2 is 1.77 bits per heavy atom. The van der Waals surface area contributed by atoms with Gasteiger partial charge in [0.1, 0.15) is 16.3 Å². The highest BCUT2D eigenvalue weighted by Gasteiger charge is 2.46. The number of carbonyl (C=O) groups is 5. The zero-order chi connectivity index (χ0) is 35.9. The Morgan fingerprint density at radius 1 is 1.13 bits per heavy atom. The van der Waals surface area contributed by atoms with Crippen LogP contribution in [0.25, 0.3) is 0 Å². The highest BCUT2D eigenvalue weighted by Crippen LogP contribution is 2.30. The van der Waals surface area contributed by atoms with Crippen molar-refractivity contribution in [3.8, 4) is 0 Å². The zero-order valence-electron chi connectivity index (χ0n) is 28.8. The van der Waals surface area contributed by atoms with Gasteiger partial charge in [0.25, 0.3) is 15.9 Å². The van der Waals surface area contributed by atoms with E-state index in [-0.39, 0.29) is 29.1 Å². The Labute approximate surface area is 283 Å². The van der Waals surface area contributed by atoms with Crippen molar-refractivity contribution in [2.45, 2.75) is 103 Å². The molecule has 0 saturated carbocycles. The first-order chi connectivity index (χ1) is 21.6. The summed E-state index contributed by atoms with van der Waals surface area (Å²) in [7, 11) is -2.31. The summed E-state index contributed by atoms with van der Waals surface area (Å²) in [5, 5.41) is 9.98. The molecule has 1 aliphatic rings. The Morgan fingerprint density at radius 3 is 2.26 bits per heavy atom. The van der Waals surface area contributed by atoms with E-state index in [1.165, 1.54) is 22.3 Å². The predicted octanol–water partition coefficient (Wildman–Crippen LogP) is 2.63. The number of hydrogen-bond acceptors (Lipinski definition) is 8. The van der Waals surface area contributed by atoms with Crippen LogP contribution < -0.4 is 21.7 Å². The lowest BCUT2D eigenvalue weighted by Gasteiger charge is -2.37. The minimum Gasteiger partial charge on any atom is -0.363 e. The molecule has 5 atom stereocenters. The number of ketones is 1. The van der Waals surface area contributed by atoms with Crippen LogP contribution >= 0.6 is 11.3 Å². The molecule has 1 saturated heterocycles. The molecule has 0 aromatic carbocycles. The Hall–Kier alpha value is -3.30. The van der Waals surface area contributed by atoms with Crippen LogP contribution in [-0.2, 0) is 29.2 Å². The first-order valence-corrected chi connectivity index (χ1v) is 18.1. The van der Waals surface area contributed by atoms with Gasteiger partial charge in [-0.15, -0.1) is 17.9 Å². The number of nitrogens with two attached hydrogens (primary N) is 1. The molecular formula is C32H52N6O7S2. The maximum Gasteiger partial charge on any atom is 0.315 e. The number of nitrogens with zero attached hydrogens (tertiary/aromatic N) is 2. The van der Waals surface area contributed by atoms with Gasteiger partial charge in [0.05, 0.1) is 6.04 Å². The molecule has 1 unspecified atom stereocenters. The van der Waals surface area contributed by atoms with Gasteiger partial charge in [-0.3, -0.25) is 19.2 Å². The summed E-state index contributed by atoms with van der Waals surface area (Å²) < 4.78 is 27.6. The van der Waals surface area contributed by atoms with Crippen LogP contribution in [0.3, 0.4) is 0 Å². The standard InChI is InChI=1S/C32H52N6O7S2/c1-10-13-22(25(39)27(33)40)35-28(41)24-20(11-2)15-16-38(24)29(42)26(32(6,7)8)36-30(43)34-21(18-31(3,4)5)19-37(9)47(44,45)23-14-12-17-46-23/h11-12,14,17,20-22,24,26H,2,10,13,15-16,18-19H2,1,3-9H3,(H2,33,40)(H,35,41)(H2,34,36,43)/t20-,21-,22?,24-,26+/m0/s1. The molecule has 2 heterocycles. The highest BCUT2D eigenvalue weighted by atomic mass is 32.2. The van der Waals surface area contributed by atoms with Gasteiger partial charge in [-0.2, -0.15) is 4.31 Å². The molecule has 5 N–H and O–H groups in total. The molecule has 47 heavy (non-hydrogen) atoms. The van der Waals surface area contributed by atoms with Crippen molar-refractivity contribution in [3.63, 3.8) is 0 Å². The number of hydrogen-bond donors (Lipinski definition) is 4. The van der Waals surface area contributed by atoms with E-state index in [1.807, 2.05) is 20.8 Å². The van der Waals surface area contributed by atoms with Gasteiger partial charge in [-0.05, 0) is 41.5 Å². The van der Waals surface area contributed by atoms with Crippen molar-refractivity contribution >= 4 is 50.9 Å². The van der Waals surface area contributed by atoms with E-state index in [1.54, 1.807) is 45.2 Å². The molecule has 5 amide bonds. The number of likely N-dealkylation sites (tertiary alicyclic amines) is 1. The second-order valence-corrected chi connectivity index (χ2v) is 17.6. The number of carbonyl (C=O) groups excluding carboxylic acids is 5. The first-order valence-electron chi connectivity index (χ1n) is 15.8. The van der Waals surface area contributed by atoms with Crippen LogP contribution in [0, 0.1) is 16.7 Å². The summed E-state index contributed by atoms with van der Waals surface area (Å²) in [6, 6.07) is -1.32. The van der Waals surface area contributed by atoms with Crippen LogP contribution in [0.2, 0.25) is 0 Å². The fraction of sp³-hybridized carbons (Fsp3) is 0.656. The lowest BCUT2D eigenvalue weighted by atomic mass is 9.85. The van der Waals surface area contributed by atoms with Gasteiger partial charge < -0.3 is 26.6 Å². The van der Waals surface area contributed by atoms with Gasteiger partial charge in [0.2, 0.25) is 17.6 Å². The highest BCUT2D eigenvalue weighted by molar-refractivity contribution is 7.91. The molecular weight excluding hydrogens is 645 g/mol. The van der Waals surface area contributed by atoms with Crippen molar-refractivity contribution < 1.29 is 32.4 Å². The Balaban J connectivity index is 2.31. The number of urea groups is 1. The van der Waals surface area contributed by atoms with Gasteiger partial charge in [-0.25, -0.2) is 13.2 Å². The number of primary amides is 1. The third kappa shape index (κ3) is 10.9.